The zero-order chi connectivity index (χ0) is 18.3. The molecule has 2 aromatic rings. The fourth-order valence-corrected chi connectivity index (χ4v) is 2.88. The van der Waals surface area contributed by atoms with E-state index in [4.69, 9.17) is 0 Å². The topological polar surface area (TPSA) is 67.1 Å². The fourth-order valence-electron chi connectivity index (χ4n) is 2.09. The van der Waals surface area contributed by atoms with E-state index in [1.54, 1.807) is 4.68 Å². The molecule has 10 heteroatoms. The van der Waals surface area contributed by atoms with Crippen LogP contribution in [0.2, 0.25) is 0 Å². The first-order valence-corrected chi connectivity index (χ1v) is 8.77. The summed E-state index contributed by atoms with van der Waals surface area (Å²) in [6.07, 6.45) is 0.555. The van der Waals surface area contributed by atoms with Crippen molar-refractivity contribution in [2.45, 2.75) is 25.9 Å². The van der Waals surface area contributed by atoms with Crippen molar-refractivity contribution in [1.82, 2.24) is 25.4 Å². The van der Waals surface area contributed by atoms with Gasteiger partial charge in [0.15, 0.2) is 11.7 Å². The maximum absolute atomic E-state index is 12.5. The zero-order valence-corrected chi connectivity index (χ0v) is 14.9. The number of halogens is 3. The standard InChI is InChI=1S/C15H21F3N6S/c1-3-19-14(20-6-4-11-8-22-24(2)9-11)21-7-5-13-23-12(10-25-13)15(16,17)18/h8-10H,3-7H2,1-2H3,(H2,19,20,21). The van der Waals surface area contributed by atoms with E-state index in [1.807, 2.05) is 26.4 Å². The second kappa shape index (κ2) is 8.84. The number of alkyl halides is 3. The van der Waals surface area contributed by atoms with Crippen molar-refractivity contribution < 1.29 is 13.2 Å². The Morgan fingerprint density at radius 1 is 1.32 bits per heavy atom. The molecule has 0 saturated carbocycles. The summed E-state index contributed by atoms with van der Waals surface area (Å²) >= 11 is 1.01. The SMILES string of the molecule is CCNC(=NCCc1nc(C(F)(F)F)cs1)NCCc1cnn(C)c1. The Morgan fingerprint density at radius 3 is 2.72 bits per heavy atom. The summed E-state index contributed by atoms with van der Waals surface area (Å²) in [6, 6.07) is 0. The number of aryl methyl sites for hydroxylation is 1. The van der Waals surface area contributed by atoms with Gasteiger partial charge in [-0.05, 0) is 18.9 Å². The van der Waals surface area contributed by atoms with Crippen LogP contribution in [0.3, 0.4) is 0 Å². The van der Waals surface area contributed by atoms with Gasteiger partial charge in [-0.15, -0.1) is 11.3 Å². The quantitative estimate of drug-likeness (QED) is 0.576. The molecular formula is C15H21F3N6S. The van der Waals surface area contributed by atoms with E-state index in [1.165, 1.54) is 0 Å². The third-order valence-electron chi connectivity index (χ3n) is 3.25. The molecule has 2 aromatic heterocycles. The number of nitrogens with zero attached hydrogens (tertiary/aromatic N) is 4. The highest BCUT2D eigenvalue weighted by molar-refractivity contribution is 7.09. The summed E-state index contributed by atoms with van der Waals surface area (Å²) < 4.78 is 39.3. The minimum absolute atomic E-state index is 0.368. The molecule has 138 valence electrons. The van der Waals surface area contributed by atoms with Crippen molar-refractivity contribution >= 4 is 17.3 Å². The summed E-state index contributed by atoms with van der Waals surface area (Å²) in [7, 11) is 1.87. The minimum atomic E-state index is -4.39. The van der Waals surface area contributed by atoms with Crippen LogP contribution in [-0.4, -0.2) is 40.4 Å². The van der Waals surface area contributed by atoms with Crippen molar-refractivity contribution in [1.29, 1.82) is 0 Å². The molecule has 0 bridgehead atoms. The van der Waals surface area contributed by atoms with E-state index in [0.29, 0.717) is 37.0 Å². The van der Waals surface area contributed by atoms with Crippen LogP contribution in [0.4, 0.5) is 13.2 Å². The number of guanidine groups is 1. The third kappa shape index (κ3) is 6.37. The van der Waals surface area contributed by atoms with Gasteiger partial charge in [-0.25, -0.2) is 4.98 Å². The molecule has 0 unspecified atom stereocenters. The second-order valence-electron chi connectivity index (χ2n) is 5.33. The summed E-state index contributed by atoms with van der Waals surface area (Å²) in [4.78, 5) is 7.98. The van der Waals surface area contributed by atoms with Crippen molar-refractivity contribution in [3.05, 3.63) is 34.0 Å². The van der Waals surface area contributed by atoms with Crippen LogP contribution < -0.4 is 10.6 Å². The molecule has 0 radical (unpaired) electrons. The number of thiazole rings is 1. The lowest BCUT2D eigenvalue weighted by Crippen LogP contribution is -2.38. The van der Waals surface area contributed by atoms with Crippen LogP contribution in [0.25, 0.3) is 0 Å². The molecule has 0 aromatic carbocycles. The predicted octanol–water partition coefficient (Wildman–Crippen LogP) is 2.24. The van der Waals surface area contributed by atoms with Gasteiger partial charge in [-0.2, -0.15) is 18.3 Å². The average Bonchev–Trinajstić information content (AvgIpc) is 3.16. The zero-order valence-electron chi connectivity index (χ0n) is 14.1. The molecule has 6 nitrogen and oxygen atoms in total. The molecule has 2 N–H and O–H groups in total. The van der Waals surface area contributed by atoms with E-state index in [2.05, 4.69) is 25.7 Å². The van der Waals surface area contributed by atoms with Crippen LogP contribution in [0.5, 0.6) is 0 Å². The van der Waals surface area contributed by atoms with Crippen LogP contribution in [0.15, 0.2) is 22.8 Å². The van der Waals surface area contributed by atoms with Gasteiger partial charge in [0, 0.05) is 44.7 Å². The number of rotatable bonds is 7. The first kappa shape index (κ1) is 19.2. The largest absolute Gasteiger partial charge is 0.434 e. The molecule has 25 heavy (non-hydrogen) atoms. The van der Waals surface area contributed by atoms with Crippen molar-refractivity contribution in [3.8, 4) is 0 Å². The summed E-state index contributed by atoms with van der Waals surface area (Å²) in [5.74, 6) is 0.638. The lowest BCUT2D eigenvalue weighted by atomic mass is 10.2. The van der Waals surface area contributed by atoms with E-state index in [9.17, 15) is 13.2 Å². The lowest BCUT2D eigenvalue weighted by molar-refractivity contribution is -0.140. The number of aliphatic imine (C=N–C) groups is 1. The highest BCUT2D eigenvalue weighted by atomic mass is 32.1. The average molecular weight is 374 g/mol. The number of hydrogen-bond acceptors (Lipinski definition) is 4. The van der Waals surface area contributed by atoms with Crippen molar-refractivity contribution in [3.63, 3.8) is 0 Å². The van der Waals surface area contributed by atoms with Gasteiger partial charge in [0.2, 0.25) is 0 Å². The molecule has 0 aliphatic rings. The molecule has 0 fully saturated rings. The third-order valence-corrected chi connectivity index (χ3v) is 4.16. The number of nitrogens with one attached hydrogen (secondary N) is 2. The normalized spacial score (nSPS) is 12.4. The molecular weight excluding hydrogens is 353 g/mol. The summed E-state index contributed by atoms with van der Waals surface area (Å²) in [5.41, 5.74) is 0.284. The number of aromatic nitrogens is 3. The lowest BCUT2D eigenvalue weighted by Gasteiger charge is -2.10. The number of hydrogen-bond donors (Lipinski definition) is 2. The van der Waals surface area contributed by atoms with E-state index < -0.39 is 11.9 Å². The Morgan fingerprint density at radius 2 is 2.12 bits per heavy atom. The van der Waals surface area contributed by atoms with Gasteiger partial charge in [-0.1, -0.05) is 0 Å². The smallest absolute Gasteiger partial charge is 0.357 e. The molecule has 2 heterocycles. The Bertz CT molecular complexity index is 691. The Kier molecular flexibility index (Phi) is 6.80. The van der Waals surface area contributed by atoms with Gasteiger partial charge in [-0.3, -0.25) is 9.67 Å². The second-order valence-corrected chi connectivity index (χ2v) is 6.28. The first-order chi connectivity index (χ1) is 11.9. The van der Waals surface area contributed by atoms with Gasteiger partial charge in [0.05, 0.1) is 11.2 Å². The van der Waals surface area contributed by atoms with E-state index in [-0.39, 0.29) is 0 Å². The highest BCUT2D eigenvalue weighted by Gasteiger charge is 2.33. The van der Waals surface area contributed by atoms with Crippen molar-refractivity contribution in [2.24, 2.45) is 12.0 Å². The van der Waals surface area contributed by atoms with Gasteiger partial charge in [0.25, 0.3) is 0 Å². The van der Waals surface area contributed by atoms with Crippen LogP contribution in [-0.2, 0) is 26.1 Å². The fraction of sp³-hybridized carbons (Fsp3) is 0.533. The Hall–Kier alpha value is -2.10. The Labute approximate surface area is 148 Å². The van der Waals surface area contributed by atoms with E-state index in [0.717, 1.165) is 28.7 Å². The monoisotopic (exact) mass is 374 g/mol. The maximum Gasteiger partial charge on any atom is 0.434 e. The van der Waals surface area contributed by atoms with Crippen LogP contribution in [0.1, 0.15) is 23.2 Å². The van der Waals surface area contributed by atoms with Crippen LogP contribution >= 0.6 is 11.3 Å². The predicted molar refractivity (Wildman–Crippen MR) is 91.7 cm³/mol. The summed E-state index contributed by atoms with van der Waals surface area (Å²) in [5, 5.41) is 11.9. The minimum Gasteiger partial charge on any atom is -0.357 e. The molecule has 0 aliphatic heterocycles. The van der Waals surface area contributed by atoms with Crippen LogP contribution in [0, 0.1) is 0 Å². The van der Waals surface area contributed by atoms with Crippen molar-refractivity contribution in [2.75, 3.05) is 19.6 Å². The van der Waals surface area contributed by atoms with E-state index >= 15 is 0 Å². The maximum atomic E-state index is 12.5. The molecule has 0 spiro atoms. The molecule has 0 saturated heterocycles. The molecule has 0 amide bonds. The molecule has 0 aliphatic carbocycles. The van der Waals surface area contributed by atoms with Gasteiger partial charge >= 0.3 is 6.18 Å². The van der Waals surface area contributed by atoms with Gasteiger partial charge < -0.3 is 10.6 Å². The Balaban J connectivity index is 1.81. The molecule has 2 rings (SSSR count). The first-order valence-electron chi connectivity index (χ1n) is 7.89. The molecule has 0 atom stereocenters. The highest BCUT2D eigenvalue weighted by Crippen LogP contribution is 2.30. The van der Waals surface area contributed by atoms with Gasteiger partial charge in [0.1, 0.15) is 0 Å². The summed E-state index contributed by atoms with van der Waals surface area (Å²) in [6.45, 7) is 3.71.